The van der Waals surface area contributed by atoms with Crippen LogP contribution in [0.3, 0.4) is 0 Å². The first-order valence-corrected chi connectivity index (χ1v) is 15.9. The summed E-state index contributed by atoms with van der Waals surface area (Å²) in [6.07, 6.45) is 4.70. The van der Waals surface area contributed by atoms with E-state index >= 15 is 0 Å². The number of hydrogen-bond donors (Lipinski definition) is 0. The second-order valence-corrected chi connectivity index (χ2v) is 22.3. The minimum atomic E-state index is -2.74. The molecule has 0 saturated heterocycles. The number of hydrogen-bond acceptors (Lipinski definition) is 3. The zero-order valence-corrected chi connectivity index (χ0v) is 14.6. The molecule has 1 rings (SSSR count). The fraction of sp³-hybridized carbons (Fsp3) is 0.462. The van der Waals surface area contributed by atoms with E-state index in [1.165, 1.54) is 6.08 Å². The number of furan rings is 1. The van der Waals surface area contributed by atoms with Gasteiger partial charge < -0.3 is 0 Å². The monoisotopic (exact) mass is 432 g/mol. The predicted octanol–water partition coefficient (Wildman–Crippen LogP) is 3.84. The molecule has 17 heavy (non-hydrogen) atoms. The third kappa shape index (κ3) is 4.29. The quantitative estimate of drug-likeness (QED) is 0.508. The van der Waals surface area contributed by atoms with Crippen molar-refractivity contribution in [2.75, 3.05) is 0 Å². The standard InChI is InChI=1S/C7H6O3.3C2H5.Pb/c8-7(9)4-3-6-2-1-5-10-6;3*1-2;/h1-5H,(H,8,9);3*1H2,2H3;/q;;;;+1/p-1. The molecular formula is C13H20O3Pb. The van der Waals surface area contributed by atoms with E-state index in [4.69, 9.17) is 7.10 Å². The maximum atomic E-state index is 11.7. The third-order valence-corrected chi connectivity index (χ3v) is 20.7. The van der Waals surface area contributed by atoms with Crippen LogP contribution < -0.4 is 0 Å². The molecule has 1 aromatic rings. The fourth-order valence-corrected chi connectivity index (χ4v) is 11.2. The van der Waals surface area contributed by atoms with Crippen molar-refractivity contribution >= 4 is 33.7 Å². The topological polar surface area (TPSA) is 39.4 Å². The molecule has 4 heteroatoms. The van der Waals surface area contributed by atoms with Gasteiger partial charge in [-0.1, -0.05) is 0 Å². The SMILES string of the molecule is C[CH2][Pb]([CH2]C)([CH2]C)[O]C(=O)C=Cc1ccco1. The van der Waals surface area contributed by atoms with Crippen LogP contribution in [0.1, 0.15) is 26.5 Å². The molecule has 0 aliphatic carbocycles. The van der Waals surface area contributed by atoms with Crippen molar-refractivity contribution in [3.63, 3.8) is 0 Å². The average molecular weight is 432 g/mol. The van der Waals surface area contributed by atoms with Crippen molar-refractivity contribution in [2.24, 2.45) is 0 Å². The van der Waals surface area contributed by atoms with Gasteiger partial charge in [0.05, 0.1) is 0 Å². The molecule has 0 unspecified atom stereocenters. The van der Waals surface area contributed by atoms with Crippen molar-refractivity contribution in [1.29, 1.82) is 0 Å². The van der Waals surface area contributed by atoms with E-state index < -0.39 is 21.6 Å². The second kappa shape index (κ2) is 6.98. The summed E-state index contributed by atoms with van der Waals surface area (Å²) >= 11 is -2.74. The van der Waals surface area contributed by atoms with Crippen LogP contribution in [0, 0.1) is 0 Å². The van der Waals surface area contributed by atoms with Gasteiger partial charge in [-0.2, -0.15) is 0 Å². The Hall–Kier alpha value is -0.588. The summed E-state index contributed by atoms with van der Waals surface area (Å²) in [7, 11) is 0. The normalized spacial score (nSPS) is 11.9. The van der Waals surface area contributed by atoms with E-state index in [1.807, 2.05) is 0 Å². The van der Waals surface area contributed by atoms with E-state index in [-0.39, 0.29) is 5.97 Å². The first-order chi connectivity index (χ1) is 8.15. The first-order valence-electron chi connectivity index (χ1n) is 6.10. The summed E-state index contributed by atoms with van der Waals surface area (Å²) in [4.78, 5) is 11.7. The van der Waals surface area contributed by atoms with Crippen molar-refractivity contribution in [2.45, 2.75) is 32.7 Å². The molecule has 1 aromatic heterocycles. The molecule has 0 aliphatic heterocycles. The van der Waals surface area contributed by atoms with Gasteiger partial charge in [0.25, 0.3) is 0 Å². The van der Waals surface area contributed by atoms with Crippen LogP contribution in [0.4, 0.5) is 0 Å². The van der Waals surface area contributed by atoms with Crippen LogP contribution in [-0.2, 0) is 7.48 Å². The summed E-state index contributed by atoms with van der Waals surface area (Å²) < 4.78 is 14.0. The van der Waals surface area contributed by atoms with Crippen LogP contribution in [0.25, 0.3) is 6.08 Å². The van der Waals surface area contributed by atoms with Gasteiger partial charge in [-0.3, -0.25) is 0 Å². The van der Waals surface area contributed by atoms with E-state index in [2.05, 4.69) is 20.8 Å². The molecule has 0 N–H and O–H groups in total. The Labute approximate surface area is 108 Å². The zero-order valence-electron chi connectivity index (χ0n) is 10.7. The van der Waals surface area contributed by atoms with Crippen LogP contribution in [0.2, 0.25) is 11.9 Å². The molecule has 94 valence electrons. The van der Waals surface area contributed by atoms with Crippen LogP contribution in [-0.4, -0.2) is 27.6 Å². The third-order valence-electron chi connectivity index (χ3n) is 3.18. The molecule has 0 aliphatic rings. The van der Waals surface area contributed by atoms with Crippen molar-refractivity contribution < 1.29 is 11.9 Å². The molecule has 1 heterocycles. The Balaban J connectivity index is 2.59. The maximum absolute atomic E-state index is 11.7. The molecule has 0 amide bonds. The molecule has 0 bridgehead atoms. The van der Waals surface area contributed by atoms with Gasteiger partial charge in [0, 0.05) is 0 Å². The Morgan fingerprint density at radius 3 is 2.47 bits per heavy atom. The summed E-state index contributed by atoms with van der Waals surface area (Å²) in [6.45, 7) is 6.41. The molecule has 0 saturated carbocycles. The van der Waals surface area contributed by atoms with Crippen molar-refractivity contribution in [3.8, 4) is 0 Å². The Morgan fingerprint density at radius 1 is 1.35 bits per heavy atom. The summed E-state index contributed by atoms with van der Waals surface area (Å²) in [5, 5.41) is 0. The minimum absolute atomic E-state index is 0.214. The predicted molar refractivity (Wildman–Crippen MR) is 71.0 cm³/mol. The molecule has 3 nitrogen and oxygen atoms in total. The van der Waals surface area contributed by atoms with E-state index in [0.717, 1.165) is 11.9 Å². The average Bonchev–Trinajstić information content (AvgIpc) is 2.87. The van der Waals surface area contributed by atoms with Crippen LogP contribution >= 0.6 is 0 Å². The van der Waals surface area contributed by atoms with Gasteiger partial charge in [-0.15, -0.1) is 0 Å². The Morgan fingerprint density at radius 2 is 2.00 bits per heavy atom. The number of rotatable bonds is 6. The van der Waals surface area contributed by atoms with E-state index in [1.54, 1.807) is 24.5 Å². The number of carbonyl (C=O) groups is 1. The Kier molecular flexibility index (Phi) is 5.94. The number of carbonyl (C=O) groups excluding carboxylic acids is 1. The molecule has 0 fully saturated rings. The Bertz CT molecular complexity index is 356. The van der Waals surface area contributed by atoms with Gasteiger partial charge in [-0.05, 0) is 0 Å². The van der Waals surface area contributed by atoms with Crippen molar-refractivity contribution in [3.05, 3.63) is 30.2 Å². The zero-order chi connectivity index (χ0) is 12.7. The molecule has 0 aromatic carbocycles. The molecule has 0 atom stereocenters. The van der Waals surface area contributed by atoms with Gasteiger partial charge in [0.1, 0.15) is 0 Å². The van der Waals surface area contributed by atoms with Gasteiger partial charge in [0.15, 0.2) is 0 Å². The van der Waals surface area contributed by atoms with Gasteiger partial charge in [0.2, 0.25) is 0 Å². The van der Waals surface area contributed by atoms with Gasteiger partial charge in [-0.25, -0.2) is 0 Å². The van der Waals surface area contributed by atoms with E-state index in [9.17, 15) is 4.79 Å². The van der Waals surface area contributed by atoms with E-state index in [0.29, 0.717) is 5.76 Å². The fourth-order valence-electron chi connectivity index (χ4n) is 1.75. The molecule has 0 spiro atoms. The second-order valence-electron chi connectivity index (χ2n) is 4.01. The molecule has 0 radical (unpaired) electrons. The van der Waals surface area contributed by atoms with Crippen LogP contribution in [0.5, 0.6) is 0 Å². The van der Waals surface area contributed by atoms with Gasteiger partial charge >= 0.3 is 109 Å². The molecular weight excluding hydrogens is 411 g/mol. The first kappa shape index (κ1) is 14.5. The summed E-state index contributed by atoms with van der Waals surface area (Å²) in [6, 6.07) is 3.60. The summed E-state index contributed by atoms with van der Waals surface area (Å²) in [5.41, 5.74) is 0. The summed E-state index contributed by atoms with van der Waals surface area (Å²) in [5.74, 6) is 0.460. The van der Waals surface area contributed by atoms with Crippen LogP contribution in [0.15, 0.2) is 28.9 Å². The van der Waals surface area contributed by atoms with Crippen molar-refractivity contribution in [1.82, 2.24) is 0 Å².